The van der Waals surface area contributed by atoms with Gasteiger partial charge in [-0.25, -0.2) is 0 Å². The van der Waals surface area contributed by atoms with Gasteiger partial charge in [-0.05, 0) is 35.9 Å². The first kappa shape index (κ1) is 13.5. The zero-order valence-corrected chi connectivity index (χ0v) is 9.70. The maximum atomic E-state index is 11.8. The zero-order chi connectivity index (χ0) is 12.0. The minimum Gasteiger partial charge on any atom is -0.370 e. The molecule has 6 heteroatoms. The van der Waals surface area contributed by atoms with Crippen molar-refractivity contribution >= 4 is 11.3 Å². The smallest absolute Gasteiger partial charge is 0.370 e. The fourth-order valence-corrected chi connectivity index (χ4v) is 1.94. The Kier molecular flexibility index (Phi) is 5.24. The van der Waals surface area contributed by atoms with Gasteiger partial charge in [-0.15, -0.1) is 0 Å². The van der Waals surface area contributed by atoms with Crippen molar-refractivity contribution in [3.8, 4) is 0 Å². The predicted molar refractivity (Wildman–Crippen MR) is 57.7 cm³/mol. The fraction of sp³-hybridized carbons (Fsp3) is 0.600. The number of nitrogens with one attached hydrogen (secondary N) is 1. The lowest BCUT2D eigenvalue weighted by atomic mass is 10.1. The largest absolute Gasteiger partial charge is 0.411 e. The highest BCUT2D eigenvalue weighted by molar-refractivity contribution is 7.07. The van der Waals surface area contributed by atoms with Gasteiger partial charge in [-0.1, -0.05) is 0 Å². The third-order valence-corrected chi connectivity index (χ3v) is 2.79. The van der Waals surface area contributed by atoms with E-state index in [9.17, 15) is 13.2 Å². The third-order valence-electron chi connectivity index (χ3n) is 2.06. The quantitative estimate of drug-likeness (QED) is 0.841. The number of alkyl halides is 3. The minimum atomic E-state index is -4.25. The van der Waals surface area contributed by atoms with Gasteiger partial charge >= 0.3 is 6.18 Å². The molecule has 1 aromatic rings. The molecular formula is C10H14F3NOS. The summed E-state index contributed by atoms with van der Waals surface area (Å²) in [4.78, 5) is 0. The molecule has 0 radical (unpaired) electrons. The summed E-state index contributed by atoms with van der Waals surface area (Å²) in [5.41, 5.74) is 1.11. The second kappa shape index (κ2) is 6.22. The Morgan fingerprint density at radius 1 is 1.50 bits per heavy atom. The van der Waals surface area contributed by atoms with E-state index in [1.165, 1.54) is 0 Å². The number of likely N-dealkylation sites (N-methyl/N-ethyl adjacent to an activating group) is 1. The SMILES string of the molecule is CNC(COCC(F)(F)F)Cc1ccsc1. The summed E-state index contributed by atoms with van der Waals surface area (Å²) < 4.78 is 40.1. The molecule has 0 aromatic carbocycles. The number of hydrogen-bond acceptors (Lipinski definition) is 3. The van der Waals surface area contributed by atoms with Crippen LogP contribution in [0.4, 0.5) is 13.2 Å². The van der Waals surface area contributed by atoms with Gasteiger partial charge in [0.05, 0.1) is 6.61 Å². The van der Waals surface area contributed by atoms with Crippen LogP contribution >= 0.6 is 11.3 Å². The lowest BCUT2D eigenvalue weighted by Gasteiger charge is -2.16. The van der Waals surface area contributed by atoms with Crippen molar-refractivity contribution in [2.45, 2.75) is 18.6 Å². The zero-order valence-electron chi connectivity index (χ0n) is 8.88. The molecule has 0 aliphatic rings. The van der Waals surface area contributed by atoms with Crippen molar-refractivity contribution in [2.75, 3.05) is 20.3 Å². The maximum absolute atomic E-state index is 11.8. The van der Waals surface area contributed by atoms with Gasteiger partial charge in [0, 0.05) is 6.04 Å². The van der Waals surface area contributed by atoms with Crippen LogP contribution in [0.3, 0.4) is 0 Å². The van der Waals surface area contributed by atoms with E-state index in [1.54, 1.807) is 18.4 Å². The van der Waals surface area contributed by atoms with Crippen LogP contribution in [0.25, 0.3) is 0 Å². The lowest BCUT2D eigenvalue weighted by Crippen LogP contribution is -2.34. The van der Waals surface area contributed by atoms with Crippen molar-refractivity contribution in [1.82, 2.24) is 5.32 Å². The Morgan fingerprint density at radius 3 is 2.75 bits per heavy atom. The van der Waals surface area contributed by atoms with E-state index < -0.39 is 12.8 Å². The molecular weight excluding hydrogens is 239 g/mol. The first-order chi connectivity index (χ1) is 7.51. The molecule has 0 amide bonds. The lowest BCUT2D eigenvalue weighted by molar-refractivity contribution is -0.175. The Hall–Kier alpha value is -0.590. The molecule has 1 heterocycles. The summed E-state index contributed by atoms with van der Waals surface area (Å²) in [5, 5.41) is 6.86. The highest BCUT2D eigenvalue weighted by Crippen LogP contribution is 2.15. The summed E-state index contributed by atoms with van der Waals surface area (Å²) in [6.07, 6.45) is -3.57. The van der Waals surface area contributed by atoms with Crippen molar-refractivity contribution < 1.29 is 17.9 Å². The summed E-state index contributed by atoms with van der Waals surface area (Å²) >= 11 is 1.57. The van der Waals surface area contributed by atoms with E-state index >= 15 is 0 Å². The summed E-state index contributed by atoms with van der Waals surface area (Å²) in [6, 6.07) is 1.87. The van der Waals surface area contributed by atoms with E-state index in [0.29, 0.717) is 6.42 Å². The fourth-order valence-electron chi connectivity index (χ4n) is 1.25. The van der Waals surface area contributed by atoms with Gasteiger partial charge in [-0.3, -0.25) is 0 Å². The molecule has 1 aromatic heterocycles. The second-order valence-corrected chi connectivity index (χ2v) is 4.23. The Labute approximate surface area is 96.4 Å². The molecule has 0 aliphatic carbocycles. The van der Waals surface area contributed by atoms with Gasteiger partial charge in [0.25, 0.3) is 0 Å². The first-order valence-corrected chi connectivity index (χ1v) is 5.78. The first-order valence-electron chi connectivity index (χ1n) is 4.84. The van der Waals surface area contributed by atoms with E-state index in [2.05, 4.69) is 10.1 Å². The standard InChI is InChI=1S/C10H14F3NOS/c1-14-9(4-8-2-3-16-6-8)5-15-7-10(11,12)13/h2-3,6,9,14H,4-5,7H2,1H3. The number of halogens is 3. The van der Waals surface area contributed by atoms with E-state index in [4.69, 9.17) is 0 Å². The number of ether oxygens (including phenoxy) is 1. The summed E-state index contributed by atoms with van der Waals surface area (Å²) in [5.74, 6) is 0. The minimum absolute atomic E-state index is 0.0614. The topological polar surface area (TPSA) is 21.3 Å². The molecule has 92 valence electrons. The Morgan fingerprint density at radius 2 is 2.25 bits per heavy atom. The average Bonchev–Trinajstić information content (AvgIpc) is 2.67. The molecule has 1 rings (SSSR count). The van der Waals surface area contributed by atoms with Crippen LogP contribution < -0.4 is 5.32 Å². The highest BCUT2D eigenvalue weighted by Gasteiger charge is 2.27. The van der Waals surface area contributed by atoms with Gasteiger partial charge in [0.15, 0.2) is 0 Å². The number of rotatable bonds is 6. The van der Waals surface area contributed by atoms with Gasteiger partial charge in [0.1, 0.15) is 6.61 Å². The normalized spacial score (nSPS) is 14.0. The van der Waals surface area contributed by atoms with Crippen LogP contribution in [0.5, 0.6) is 0 Å². The van der Waals surface area contributed by atoms with Crippen LogP contribution in [-0.4, -0.2) is 32.5 Å². The van der Waals surface area contributed by atoms with E-state index in [-0.39, 0.29) is 12.6 Å². The number of thiophene rings is 1. The Bertz CT molecular complexity index is 287. The molecule has 0 spiro atoms. The van der Waals surface area contributed by atoms with Crippen molar-refractivity contribution in [2.24, 2.45) is 0 Å². The maximum Gasteiger partial charge on any atom is 0.411 e. The van der Waals surface area contributed by atoms with Crippen LogP contribution in [0, 0.1) is 0 Å². The van der Waals surface area contributed by atoms with Gasteiger partial charge < -0.3 is 10.1 Å². The third kappa shape index (κ3) is 5.48. The van der Waals surface area contributed by atoms with Crippen molar-refractivity contribution in [1.29, 1.82) is 0 Å². The molecule has 0 saturated carbocycles. The molecule has 0 saturated heterocycles. The van der Waals surface area contributed by atoms with E-state index in [0.717, 1.165) is 5.56 Å². The molecule has 16 heavy (non-hydrogen) atoms. The average molecular weight is 253 g/mol. The second-order valence-electron chi connectivity index (χ2n) is 3.45. The monoisotopic (exact) mass is 253 g/mol. The molecule has 1 N–H and O–H groups in total. The predicted octanol–water partition coefficient (Wildman–Crippen LogP) is 2.46. The van der Waals surface area contributed by atoms with Crippen LogP contribution in [-0.2, 0) is 11.2 Å². The summed E-state index contributed by atoms with van der Waals surface area (Å²) in [6.45, 7) is -1.12. The van der Waals surface area contributed by atoms with Crippen LogP contribution in [0.2, 0.25) is 0 Å². The van der Waals surface area contributed by atoms with Crippen LogP contribution in [0.1, 0.15) is 5.56 Å². The van der Waals surface area contributed by atoms with E-state index in [1.807, 2.05) is 16.8 Å². The molecule has 1 unspecified atom stereocenters. The molecule has 0 bridgehead atoms. The molecule has 0 aliphatic heterocycles. The summed E-state index contributed by atoms with van der Waals surface area (Å²) in [7, 11) is 1.72. The van der Waals surface area contributed by atoms with Crippen molar-refractivity contribution in [3.63, 3.8) is 0 Å². The Balaban J connectivity index is 2.27. The van der Waals surface area contributed by atoms with Gasteiger partial charge in [0.2, 0.25) is 0 Å². The van der Waals surface area contributed by atoms with Gasteiger partial charge in [-0.2, -0.15) is 24.5 Å². The van der Waals surface area contributed by atoms with Crippen molar-refractivity contribution in [3.05, 3.63) is 22.4 Å². The highest BCUT2D eigenvalue weighted by atomic mass is 32.1. The van der Waals surface area contributed by atoms with Crippen LogP contribution in [0.15, 0.2) is 16.8 Å². The molecule has 2 nitrogen and oxygen atoms in total. The molecule has 0 fully saturated rings. The number of hydrogen-bond donors (Lipinski definition) is 1. The molecule has 1 atom stereocenters.